The lowest BCUT2D eigenvalue weighted by Gasteiger charge is -2.10. The number of H-pyrrole nitrogens is 1. The molecule has 0 aliphatic rings. The van der Waals surface area contributed by atoms with Gasteiger partial charge < -0.3 is 14.3 Å². The van der Waals surface area contributed by atoms with Gasteiger partial charge in [0.2, 0.25) is 0 Å². The molecule has 0 atom stereocenters. The van der Waals surface area contributed by atoms with Crippen LogP contribution in [-0.4, -0.2) is 25.7 Å². The van der Waals surface area contributed by atoms with Gasteiger partial charge in [-0.05, 0) is 25.0 Å². The van der Waals surface area contributed by atoms with E-state index in [9.17, 15) is 4.79 Å². The van der Waals surface area contributed by atoms with Crippen LogP contribution in [0.3, 0.4) is 0 Å². The largest absolute Gasteiger partial charge is 0.460 e. The molecule has 0 saturated heterocycles. The van der Waals surface area contributed by atoms with Gasteiger partial charge >= 0.3 is 0 Å². The molecule has 0 radical (unpaired) electrons. The smallest absolute Gasteiger partial charge is 0.272 e. The Balaban J connectivity index is 1.64. The minimum atomic E-state index is -0.238. The standard InChI is InChI=1S/C17H21N5O2/c1-11(2)9-22-10-18-7-13(22)8-19-17(23)15-6-14(20-21-15)16-5-4-12(3)24-16/h4-7,10-11H,8-9H2,1-3H3,(H,19,23)(H,20,21). The summed E-state index contributed by atoms with van der Waals surface area (Å²) in [5, 5.41) is 9.75. The average molecular weight is 327 g/mol. The number of aromatic amines is 1. The SMILES string of the molecule is Cc1ccc(-c2cc(C(=O)NCc3cncn3CC(C)C)n[nH]2)o1. The summed E-state index contributed by atoms with van der Waals surface area (Å²) in [7, 11) is 0. The van der Waals surface area contributed by atoms with E-state index in [2.05, 4.69) is 34.3 Å². The zero-order valence-corrected chi connectivity index (χ0v) is 14.0. The van der Waals surface area contributed by atoms with Crippen molar-refractivity contribution in [2.75, 3.05) is 0 Å². The van der Waals surface area contributed by atoms with Crippen molar-refractivity contribution in [3.05, 3.63) is 47.9 Å². The van der Waals surface area contributed by atoms with E-state index < -0.39 is 0 Å². The summed E-state index contributed by atoms with van der Waals surface area (Å²) in [6, 6.07) is 5.39. The van der Waals surface area contributed by atoms with Gasteiger partial charge in [0.15, 0.2) is 11.5 Å². The number of nitrogens with one attached hydrogen (secondary N) is 2. The Hall–Kier alpha value is -2.83. The molecule has 3 heterocycles. The fraction of sp³-hybridized carbons (Fsp3) is 0.353. The number of aromatic nitrogens is 4. The Morgan fingerprint density at radius 1 is 1.42 bits per heavy atom. The molecule has 0 aromatic carbocycles. The number of hydrogen-bond donors (Lipinski definition) is 2. The molecule has 7 heteroatoms. The second-order valence-corrected chi connectivity index (χ2v) is 6.19. The molecular formula is C17H21N5O2. The summed E-state index contributed by atoms with van der Waals surface area (Å²) in [5.41, 5.74) is 1.97. The maximum atomic E-state index is 12.3. The van der Waals surface area contributed by atoms with Crippen LogP contribution in [0, 0.1) is 12.8 Å². The highest BCUT2D eigenvalue weighted by Gasteiger charge is 2.14. The minimum absolute atomic E-state index is 0.238. The third kappa shape index (κ3) is 3.56. The summed E-state index contributed by atoms with van der Waals surface area (Å²) >= 11 is 0. The number of hydrogen-bond acceptors (Lipinski definition) is 4. The van der Waals surface area contributed by atoms with E-state index in [0.29, 0.717) is 29.6 Å². The van der Waals surface area contributed by atoms with E-state index >= 15 is 0 Å². The third-order valence-corrected chi connectivity index (χ3v) is 3.61. The van der Waals surface area contributed by atoms with Gasteiger partial charge in [0.05, 0.1) is 18.6 Å². The molecule has 2 N–H and O–H groups in total. The van der Waals surface area contributed by atoms with Gasteiger partial charge in [0, 0.05) is 18.8 Å². The third-order valence-electron chi connectivity index (χ3n) is 3.61. The first-order valence-electron chi connectivity index (χ1n) is 7.92. The monoisotopic (exact) mass is 327 g/mol. The Labute approximate surface area is 140 Å². The van der Waals surface area contributed by atoms with Crippen LogP contribution in [0.15, 0.2) is 35.1 Å². The van der Waals surface area contributed by atoms with Crippen LogP contribution in [-0.2, 0) is 13.1 Å². The van der Waals surface area contributed by atoms with E-state index in [-0.39, 0.29) is 5.91 Å². The number of carbonyl (C=O) groups excluding carboxylic acids is 1. The topological polar surface area (TPSA) is 88.7 Å². The maximum absolute atomic E-state index is 12.3. The van der Waals surface area contributed by atoms with Crippen LogP contribution in [0.5, 0.6) is 0 Å². The van der Waals surface area contributed by atoms with E-state index in [1.165, 1.54) is 0 Å². The molecule has 1 amide bonds. The van der Waals surface area contributed by atoms with Crippen LogP contribution in [0.1, 0.15) is 35.8 Å². The number of carbonyl (C=O) groups is 1. The highest BCUT2D eigenvalue weighted by molar-refractivity contribution is 5.93. The van der Waals surface area contributed by atoms with Crippen molar-refractivity contribution in [2.45, 2.75) is 33.9 Å². The summed E-state index contributed by atoms with van der Waals surface area (Å²) in [6.45, 7) is 7.44. The molecule has 0 fully saturated rings. The van der Waals surface area contributed by atoms with Gasteiger partial charge in [0.25, 0.3) is 5.91 Å². The van der Waals surface area contributed by atoms with Gasteiger partial charge in [0.1, 0.15) is 11.5 Å². The molecular weight excluding hydrogens is 306 g/mol. The molecule has 0 aliphatic heterocycles. The first kappa shape index (κ1) is 16.0. The second kappa shape index (κ2) is 6.74. The predicted octanol–water partition coefficient (Wildman–Crippen LogP) is 2.76. The fourth-order valence-corrected chi connectivity index (χ4v) is 2.46. The molecule has 3 aromatic rings. The molecule has 126 valence electrons. The zero-order valence-electron chi connectivity index (χ0n) is 14.0. The Bertz CT molecular complexity index is 828. The van der Waals surface area contributed by atoms with Crippen molar-refractivity contribution < 1.29 is 9.21 Å². The van der Waals surface area contributed by atoms with E-state index in [4.69, 9.17) is 4.42 Å². The summed E-state index contributed by atoms with van der Waals surface area (Å²) in [5.74, 6) is 1.75. The minimum Gasteiger partial charge on any atom is -0.460 e. The molecule has 0 saturated carbocycles. The molecule has 0 unspecified atom stereocenters. The van der Waals surface area contributed by atoms with Crippen molar-refractivity contribution in [3.8, 4) is 11.5 Å². The Morgan fingerprint density at radius 2 is 2.25 bits per heavy atom. The van der Waals surface area contributed by atoms with Gasteiger partial charge in [-0.15, -0.1) is 0 Å². The van der Waals surface area contributed by atoms with E-state index in [0.717, 1.165) is 18.0 Å². The second-order valence-electron chi connectivity index (χ2n) is 6.19. The summed E-state index contributed by atoms with van der Waals surface area (Å²) in [6.07, 6.45) is 3.55. The molecule has 0 spiro atoms. The molecule has 0 aliphatic carbocycles. The van der Waals surface area contributed by atoms with Gasteiger partial charge in [-0.2, -0.15) is 5.10 Å². The van der Waals surface area contributed by atoms with Crippen LogP contribution < -0.4 is 5.32 Å². The summed E-state index contributed by atoms with van der Waals surface area (Å²) < 4.78 is 7.57. The Kier molecular flexibility index (Phi) is 4.50. The van der Waals surface area contributed by atoms with Crippen molar-refractivity contribution in [1.82, 2.24) is 25.1 Å². The lowest BCUT2D eigenvalue weighted by atomic mass is 10.2. The van der Waals surface area contributed by atoms with Crippen LogP contribution in [0.2, 0.25) is 0 Å². The molecule has 3 aromatic heterocycles. The normalized spacial score (nSPS) is 11.2. The van der Waals surface area contributed by atoms with Crippen LogP contribution in [0.25, 0.3) is 11.5 Å². The lowest BCUT2D eigenvalue weighted by molar-refractivity contribution is 0.0945. The average Bonchev–Trinajstić information content (AvgIpc) is 3.24. The first-order chi connectivity index (χ1) is 11.5. The van der Waals surface area contributed by atoms with Crippen molar-refractivity contribution in [1.29, 1.82) is 0 Å². The zero-order chi connectivity index (χ0) is 17.1. The van der Waals surface area contributed by atoms with Crippen molar-refractivity contribution >= 4 is 5.91 Å². The van der Waals surface area contributed by atoms with Gasteiger partial charge in [-0.25, -0.2) is 4.98 Å². The van der Waals surface area contributed by atoms with E-state index in [1.54, 1.807) is 18.6 Å². The quantitative estimate of drug-likeness (QED) is 0.728. The fourth-order valence-electron chi connectivity index (χ4n) is 2.46. The Morgan fingerprint density at radius 3 is 2.96 bits per heavy atom. The number of nitrogens with zero attached hydrogens (tertiary/aromatic N) is 3. The number of rotatable bonds is 6. The van der Waals surface area contributed by atoms with Crippen molar-refractivity contribution in [3.63, 3.8) is 0 Å². The molecule has 24 heavy (non-hydrogen) atoms. The highest BCUT2D eigenvalue weighted by atomic mass is 16.3. The highest BCUT2D eigenvalue weighted by Crippen LogP contribution is 2.20. The predicted molar refractivity (Wildman–Crippen MR) is 89.3 cm³/mol. The first-order valence-corrected chi connectivity index (χ1v) is 7.92. The number of furan rings is 1. The number of imidazole rings is 1. The summed E-state index contributed by atoms with van der Waals surface area (Å²) in [4.78, 5) is 16.4. The van der Waals surface area contributed by atoms with Crippen LogP contribution in [0.4, 0.5) is 0 Å². The van der Waals surface area contributed by atoms with Gasteiger partial charge in [-0.3, -0.25) is 9.89 Å². The van der Waals surface area contributed by atoms with E-state index in [1.807, 2.05) is 23.6 Å². The van der Waals surface area contributed by atoms with Crippen molar-refractivity contribution in [2.24, 2.45) is 5.92 Å². The number of amides is 1. The molecule has 0 bridgehead atoms. The number of aryl methyl sites for hydroxylation is 1. The van der Waals surface area contributed by atoms with Gasteiger partial charge in [-0.1, -0.05) is 13.8 Å². The maximum Gasteiger partial charge on any atom is 0.272 e. The molecule has 7 nitrogen and oxygen atoms in total. The van der Waals surface area contributed by atoms with Crippen LogP contribution >= 0.6 is 0 Å². The molecule has 3 rings (SSSR count). The lowest BCUT2D eigenvalue weighted by Crippen LogP contribution is -2.24.